The average molecular weight is 431 g/mol. The number of methoxy groups -OCH3 is 1. The second kappa shape index (κ2) is 8.81. The molecule has 0 unspecified atom stereocenters. The molecule has 0 amide bonds. The molecule has 162 valence electrons. The van der Waals surface area contributed by atoms with Gasteiger partial charge in [0.15, 0.2) is 0 Å². The maximum atomic E-state index is 11.9. The summed E-state index contributed by atoms with van der Waals surface area (Å²) in [5.41, 5.74) is 1.28. The standard InChI is InChI=1S/C23H30N2O4S/c1-27-20(26)14-15-2-7-19-21(15)22-18(8-9-24-23(22)30-19)29-17-5-3-16(4-6-17)25-10-12-28-13-11-25/h8-9,15-17H,2-7,10-14H2,1H3/t15-,16?,17?/m1/s1. The highest BCUT2D eigenvalue weighted by molar-refractivity contribution is 7.19. The summed E-state index contributed by atoms with van der Waals surface area (Å²) in [6, 6.07) is 2.68. The van der Waals surface area contributed by atoms with Gasteiger partial charge in [-0.1, -0.05) is 0 Å². The minimum atomic E-state index is -0.139. The number of hydrogen-bond acceptors (Lipinski definition) is 7. The second-order valence-corrected chi connectivity index (χ2v) is 9.72. The van der Waals surface area contributed by atoms with Crippen LogP contribution in [0.1, 0.15) is 54.9 Å². The predicted molar refractivity (Wildman–Crippen MR) is 116 cm³/mol. The van der Waals surface area contributed by atoms with Crippen molar-refractivity contribution in [1.82, 2.24) is 9.88 Å². The number of fused-ring (bicyclic) bond motifs is 3. The van der Waals surface area contributed by atoms with Crippen molar-refractivity contribution in [2.75, 3.05) is 33.4 Å². The summed E-state index contributed by atoms with van der Waals surface area (Å²) >= 11 is 1.76. The van der Waals surface area contributed by atoms with E-state index in [0.29, 0.717) is 12.5 Å². The number of aromatic nitrogens is 1. The van der Waals surface area contributed by atoms with Gasteiger partial charge in [0.1, 0.15) is 10.6 Å². The smallest absolute Gasteiger partial charge is 0.306 e. The van der Waals surface area contributed by atoms with Crippen molar-refractivity contribution < 1.29 is 19.0 Å². The Kier molecular flexibility index (Phi) is 5.94. The molecular formula is C23H30N2O4S. The number of pyridine rings is 1. The van der Waals surface area contributed by atoms with Gasteiger partial charge in [0, 0.05) is 30.2 Å². The van der Waals surface area contributed by atoms with Crippen molar-refractivity contribution >= 4 is 27.5 Å². The van der Waals surface area contributed by atoms with Gasteiger partial charge in [0.05, 0.1) is 38.2 Å². The van der Waals surface area contributed by atoms with Crippen molar-refractivity contribution in [1.29, 1.82) is 0 Å². The monoisotopic (exact) mass is 430 g/mol. The van der Waals surface area contributed by atoms with Gasteiger partial charge in [-0.3, -0.25) is 9.69 Å². The van der Waals surface area contributed by atoms with E-state index in [1.165, 1.54) is 30.4 Å². The quantitative estimate of drug-likeness (QED) is 0.671. The minimum absolute atomic E-state index is 0.139. The van der Waals surface area contributed by atoms with Gasteiger partial charge in [0.25, 0.3) is 0 Å². The summed E-state index contributed by atoms with van der Waals surface area (Å²) in [4.78, 5) is 21.5. The Hall–Kier alpha value is -1.70. The van der Waals surface area contributed by atoms with Crippen LogP contribution in [0.5, 0.6) is 5.75 Å². The molecule has 1 saturated carbocycles. The summed E-state index contributed by atoms with van der Waals surface area (Å²) < 4.78 is 17.0. The van der Waals surface area contributed by atoms with E-state index in [2.05, 4.69) is 9.88 Å². The Bertz CT molecular complexity index is 900. The van der Waals surface area contributed by atoms with Gasteiger partial charge in [-0.2, -0.15) is 0 Å². The molecule has 2 aromatic heterocycles. The van der Waals surface area contributed by atoms with Crippen LogP contribution in [0.4, 0.5) is 0 Å². The van der Waals surface area contributed by atoms with E-state index in [9.17, 15) is 4.79 Å². The number of aryl methyl sites for hydroxylation is 1. The molecule has 0 aromatic carbocycles. The summed E-state index contributed by atoms with van der Waals surface area (Å²) in [6.45, 7) is 3.84. The molecular weight excluding hydrogens is 400 g/mol. The molecule has 5 rings (SSSR count). The number of hydrogen-bond donors (Lipinski definition) is 0. The van der Waals surface area contributed by atoms with Gasteiger partial charge in [-0.15, -0.1) is 11.3 Å². The molecule has 1 atom stereocenters. The molecule has 7 heteroatoms. The zero-order valence-corrected chi connectivity index (χ0v) is 18.4. The molecule has 0 radical (unpaired) electrons. The second-order valence-electron chi connectivity index (χ2n) is 8.64. The predicted octanol–water partition coefficient (Wildman–Crippen LogP) is 3.91. The van der Waals surface area contributed by atoms with Gasteiger partial charge in [-0.05, 0) is 56.1 Å². The number of rotatable bonds is 5. The molecule has 3 heterocycles. The van der Waals surface area contributed by atoms with E-state index in [1.54, 1.807) is 11.3 Å². The van der Waals surface area contributed by atoms with Gasteiger partial charge < -0.3 is 14.2 Å². The number of morpholine rings is 1. The van der Waals surface area contributed by atoms with Crippen LogP contribution in [-0.4, -0.2) is 61.4 Å². The minimum Gasteiger partial charge on any atom is -0.490 e. The largest absolute Gasteiger partial charge is 0.490 e. The van der Waals surface area contributed by atoms with Crippen LogP contribution in [-0.2, 0) is 20.7 Å². The van der Waals surface area contributed by atoms with E-state index in [-0.39, 0.29) is 18.0 Å². The fraction of sp³-hybridized carbons (Fsp3) is 0.652. The number of nitrogens with zero attached hydrogens (tertiary/aromatic N) is 2. The molecule has 0 bridgehead atoms. The molecule has 2 aromatic rings. The first-order valence-electron chi connectivity index (χ1n) is 11.2. The van der Waals surface area contributed by atoms with Crippen LogP contribution in [0.3, 0.4) is 0 Å². The number of thiophene rings is 1. The lowest BCUT2D eigenvalue weighted by Crippen LogP contribution is -2.46. The lowest BCUT2D eigenvalue weighted by atomic mass is 9.91. The number of carbonyl (C=O) groups is 1. The molecule has 0 N–H and O–H groups in total. The van der Waals surface area contributed by atoms with Crippen molar-refractivity contribution in [3.63, 3.8) is 0 Å². The van der Waals surface area contributed by atoms with E-state index in [1.807, 2.05) is 12.3 Å². The molecule has 2 aliphatic carbocycles. The topological polar surface area (TPSA) is 60.9 Å². The van der Waals surface area contributed by atoms with Crippen molar-refractivity contribution in [2.45, 2.75) is 63.0 Å². The van der Waals surface area contributed by atoms with Crippen LogP contribution in [0.15, 0.2) is 12.3 Å². The molecule has 3 aliphatic rings. The third-order valence-electron chi connectivity index (χ3n) is 6.94. The number of carbonyl (C=O) groups excluding carboxylic acids is 1. The maximum absolute atomic E-state index is 11.9. The Morgan fingerprint density at radius 2 is 2.03 bits per heavy atom. The van der Waals surface area contributed by atoms with Crippen LogP contribution in [0.2, 0.25) is 0 Å². The molecule has 2 fully saturated rings. The van der Waals surface area contributed by atoms with Gasteiger partial charge >= 0.3 is 5.97 Å². The lowest BCUT2D eigenvalue weighted by molar-refractivity contribution is -0.141. The summed E-state index contributed by atoms with van der Waals surface area (Å²) in [7, 11) is 1.47. The summed E-state index contributed by atoms with van der Waals surface area (Å²) in [5.74, 6) is 1.02. The van der Waals surface area contributed by atoms with Crippen LogP contribution in [0.25, 0.3) is 10.2 Å². The molecule has 1 aliphatic heterocycles. The third-order valence-corrected chi connectivity index (χ3v) is 8.11. The van der Waals surface area contributed by atoms with E-state index in [0.717, 1.165) is 68.0 Å². The Balaban J connectivity index is 1.31. The molecule has 1 saturated heterocycles. The van der Waals surface area contributed by atoms with Crippen LogP contribution >= 0.6 is 11.3 Å². The first-order chi connectivity index (χ1) is 14.7. The normalized spacial score (nSPS) is 27.2. The third kappa shape index (κ3) is 3.95. The Labute approximate surface area is 181 Å². The van der Waals surface area contributed by atoms with Crippen LogP contribution in [0, 0.1) is 0 Å². The Morgan fingerprint density at radius 1 is 1.23 bits per heavy atom. The molecule has 0 spiro atoms. The van der Waals surface area contributed by atoms with Crippen LogP contribution < -0.4 is 4.74 Å². The highest BCUT2D eigenvalue weighted by Gasteiger charge is 2.32. The first-order valence-corrected chi connectivity index (χ1v) is 12.0. The Morgan fingerprint density at radius 3 is 2.80 bits per heavy atom. The zero-order chi connectivity index (χ0) is 20.5. The highest BCUT2D eigenvalue weighted by atomic mass is 32.1. The number of esters is 1. The highest BCUT2D eigenvalue weighted by Crippen LogP contribution is 2.48. The van der Waals surface area contributed by atoms with E-state index >= 15 is 0 Å². The van der Waals surface area contributed by atoms with Crippen molar-refractivity contribution in [2.24, 2.45) is 0 Å². The first kappa shape index (κ1) is 20.2. The van der Waals surface area contributed by atoms with E-state index < -0.39 is 0 Å². The van der Waals surface area contributed by atoms with Crippen molar-refractivity contribution in [3.8, 4) is 5.75 Å². The molecule has 30 heavy (non-hydrogen) atoms. The maximum Gasteiger partial charge on any atom is 0.306 e. The average Bonchev–Trinajstić information content (AvgIpc) is 3.35. The van der Waals surface area contributed by atoms with E-state index in [4.69, 9.17) is 14.2 Å². The molecule has 6 nitrogen and oxygen atoms in total. The number of ether oxygens (including phenoxy) is 3. The van der Waals surface area contributed by atoms with Gasteiger partial charge in [0.2, 0.25) is 0 Å². The zero-order valence-electron chi connectivity index (χ0n) is 17.6. The lowest BCUT2D eigenvalue weighted by Gasteiger charge is -2.38. The van der Waals surface area contributed by atoms with Crippen molar-refractivity contribution in [3.05, 3.63) is 22.7 Å². The fourth-order valence-electron chi connectivity index (χ4n) is 5.37. The van der Waals surface area contributed by atoms with Gasteiger partial charge in [-0.25, -0.2) is 4.98 Å². The summed E-state index contributed by atoms with van der Waals surface area (Å²) in [5, 5.41) is 1.14. The fourth-order valence-corrected chi connectivity index (χ4v) is 6.62. The summed E-state index contributed by atoms with van der Waals surface area (Å²) in [6.07, 6.45) is 9.12. The SMILES string of the molecule is COC(=O)C[C@H]1CCc2sc3nccc(OC4CCC(N5CCOCC5)CC4)c3c21.